The Bertz CT molecular complexity index is 738. The van der Waals surface area contributed by atoms with E-state index in [1.54, 1.807) is 0 Å². The van der Waals surface area contributed by atoms with Crippen LogP contribution in [0.2, 0.25) is 0 Å². The van der Waals surface area contributed by atoms with Gasteiger partial charge in [0.25, 0.3) is 5.91 Å². The van der Waals surface area contributed by atoms with Crippen molar-refractivity contribution < 1.29 is 14.3 Å². The molecule has 0 unspecified atom stereocenters. The Morgan fingerprint density at radius 1 is 1.08 bits per heavy atom. The van der Waals surface area contributed by atoms with Crippen LogP contribution in [-0.4, -0.2) is 34.6 Å². The number of aromatic nitrogens is 2. The normalized spacial score (nSPS) is 13.3. The van der Waals surface area contributed by atoms with Gasteiger partial charge < -0.3 is 20.1 Å². The lowest BCUT2D eigenvalue weighted by Gasteiger charge is -2.20. The molecule has 0 atom stereocenters. The number of carbonyl (C=O) groups is 1. The highest BCUT2D eigenvalue weighted by Gasteiger charge is 2.16. The molecule has 0 radical (unpaired) electrons. The molecular formula is C17H20N4O3. The van der Waals surface area contributed by atoms with Gasteiger partial charge in [-0.15, -0.1) is 0 Å². The summed E-state index contributed by atoms with van der Waals surface area (Å²) >= 11 is 0. The maximum atomic E-state index is 12.0. The molecule has 0 fully saturated rings. The molecule has 1 aromatic carbocycles. The van der Waals surface area contributed by atoms with Crippen molar-refractivity contribution in [1.82, 2.24) is 15.3 Å². The molecule has 1 amide bonds. The highest BCUT2D eigenvalue weighted by molar-refractivity contribution is 5.94. The second-order valence-electron chi connectivity index (χ2n) is 6.48. The fourth-order valence-corrected chi connectivity index (χ4v) is 2.17. The van der Waals surface area contributed by atoms with Crippen molar-refractivity contribution in [2.75, 3.05) is 18.5 Å². The van der Waals surface area contributed by atoms with E-state index in [0.29, 0.717) is 30.5 Å². The molecule has 1 aliphatic heterocycles. The first-order valence-electron chi connectivity index (χ1n) is 7.72. The molecule has 7 heteroatoms. The molecule has 126 valence electrons. The third-order valence-electron chi connectivity index (χ3n) is 3.20. The third kappa shape index (κ3) is 3.92. The second-order valence-corrected chi connectivity index (χ2v) is 6.48. The summed E-state index contributed by atoms with van der Waals surface area (Å²) in [6, 6.07) is 5.52. The quantitative estimate of drug-likeness (QED) is 0.900. The molecule has 0 spiro atoms. The van der Waals surface area contributed by atoms with E-state index in [4.69, 9.17) is 9.47 Å². The van der Waals surface area contributed by atoms with Crippen LogP contribution in [0.25, 0.3) is 0 Å². The minimum absolute atomic E-state index is 0.201. The van der Waals surface area contributed by atoms with E-state index in [9.17, 15) is 4.79 Å². The smallest absolute Gasteiger partial charge is 0.254 e. The van der Waals surface area contributed by atoms with Crippen LogP contribution in [0.1, 0.15) is 31.1 Å². The molecule has 0 saturated carbocycles. The molecule has 7 nitrogen and oxygen atoms in total. The molecule has 0 saturated heterocycles. The topological polar surface area (TPSA) is 85.4 Å². The molecule has 24 heavy (non-hydrogen) atoms. The second kappa shape index (κ2) is 6.35. The number of benzene rings is 1. The van der Waals surface area contributed by atoms with Gasteiger partial charge in [0.05, 0.1) is 5.56 Å². The minimum atomic E-state index is -0.306. The lowest BCUT2D eigenvalue weighted by Crippen LogP contribution is -2.40. The van der Waals surface area contributed by atoms with Gasteiger partial charge in [0, 0.05) is 29.7 Å². The average Bonchev–Trinajstić information content (AvgIpc) is 2.54. The fourth-order valence-electron chi connectivity index (χ4n) is 2.17. The molecule has 1 aliphatic rings. The Kier molecular flexibility index (Phi) is 4.24. The summed E-state index contributed by atoms with van der Waals surface area (Å²) in [5, 5.41) is 5.95. The van der Waals surface area contributed by atoms with Crippen LogP contribution in [0.15, 0.2) is 30.6 Å². The molecule has 1 aromatic heterocycles. The van der Waals surface area contributed by atoms with Gasteiger partial charge in [-0.1, -0.05) is 0 Å². The van der Waals surface area contributed by atoms with Crippen molar-refractivity contribution >= 4 is 17.5 Å². The summed E-state index contributed by atoms with van der Waals surface area (Å²) in [5.74, 6) is 1.61. The maximum absolute atomic E-state index is 12.0. The summed E-state index contributed by atoms with van der Waals surface area (Å²) in [6.45, 7) is 6.85. The number of nitrogens with one attached hydrogen (secondary N) is 2. The average molecular weight is 328 g/mol. The zero-order chi connectivity index (χ0) is 17.2. The zero-order valence-electron chi connectivity index (χ0n) is 13.9. The van der Waals surface area contributed by atoms with Gasteiger partial charge in [-0.2, -0.15) is 0 Å². The van der Waals surface area contributed by atoms with Crippen LogP contribution in [0.5, 0.6) is 11.5 Å². The van der Waals surface area contributed by atoms with Gasteiger partial charge in [-0.05, 0) is 32.9 Å². The summed E-state index contributed by atoms with van der Waals surface area (Å²) in [5.41, 5.74) is 0.892. The van der Waals surface area contributed by atoms with E-state index in [2.05, 4.69) is 20.6 Å². The first-order chi connectivity index (χ1) is 11.4. The Labute approximate surface area is 140 Å². The molecule has 0 aliphatic carbocycles. The number of anilines is 2. The van der Waals surface area contributed by atoms with E-state index in [1.165, 1.54) is 12.4 Å². The SMILES string of the molecule is CC(C)(C)NC(=O)c1cnc(Nc2ccc3c(c2)OCCO3)nc1. The summed E-state index contributed by atoms with van der Waals surface area (Å²) in [6.07, 6.45) is 2.99. The zero-order valence-corrected chi connectivity index (χ0v) is 13.9. The number of rotatable bonds is 3. The minimum Gasteiger partial charge on any atom is -0.486 e. The van der Waals surface area contributed by atoms with Gasteiger partial charge in [-0.25, -0.2) is 9.97 Å². The van der Waals surface area contributed by atoms with E-state index in [1.807, 2.05) is 39.0 Å². The van der Waals surface area contributed by atoms with Crippen molar-refractivity contribution in [1.29, 1.82) is 0 Å². The van der Waals surface area contributed by atoms with Crippen LogP contribution in [-0.2, 0) is 0 Å². The van der Waals surface area contributed by atoms with Gasteiger partial charge in [-0.3, -0.25) is 4.79 Å². The Hall–Kier alpha value is -2.83. The number of fused-ring (bicyclic) bond motifs is 1. The molecule has 2 heterocycles. The standard InChI is InChI=1S/C17H20N4O3/c1-17(2,3)21-15(22)11-9-18-16(19-10-11)20-12-4-5-13-14(8-12)24-7-6-23-13/h4-5,8-10H,6-7H2,1-3H3,(H,21,22)(H,18,19,20). The summed E-state index contributed by atoms with van der Waals surface area (Å²) in [7, 11) is 0. The van der Waals surface area contributed by atoms with Crippen LogP contribution < -0.4 is 20.1 Å². The Morgan fingerprint density at radius 3 is 2.42 bits per heavy atom. The molecule has 3 rings (SSSR count). The Balaban J connectivity index is 1.69. The summed E-state index contributed by atoms with van der Waals surface area (Å²) in [4.78, 5) is 20.4. The number of amides is 1. The molecule has 0 bridgehead atoms. The van der Waals surface area contributed by atoms with Gasteiger partial charge >= 0.3 is 0 Å². The summed E-state index contributed by atoms with van der Waals surface area (Å²) < 4.78 is 11.0. The van der Waals surface area contributed by atoms with Crippen molar-refractivity contribution in [2.24, 2.45) is 0 Å². The first kappa shape index (κ1) is 16.0. The van der Waals surface area contributed by atoms with E-state index in [-0.39, 0.29) is 11.4 Å². The van der Waals surface area contributed by atoms with E-state index < -0.39 is 0 Å². The monoisotopic (exact) mass is 328 g/mol. The van der Waals surface area contributed by atoms with Crippen molar-refractivity contribution in [3.8, 4) is 11.5 Å². The fraction of sp³-hybridized carbons (Fsp3) is 0.353. The number of hydrogen-bond donors (Lipinski definition) is 2. The third-order valence-corrected chi connectivity index (χ3v) is 3.20. The number of ether oxygens (including phenoxy) is 2. The van der Waals surface area contributed by atoms with Crippen molar-refractivity contribution in [3.63, 3.8) is 0 Å². The Morgan fingerprint density at radius 2 is 1.75 bits per heavy atom. The predicted octanol–water partition coefficient (Wildman–Crippen LogP) is 2.52. The lowest BCUT2D eigenvalue weighted by molar-refractivity contribution is 0.0919. The molecule has 2 aromatic rings. The van der Waals surface area contributed by atoms with Crippen LogP contribution in [0.4, 0.5) is 11.6 Å². The largest absolute Gasteiger partial charge is 0.486 e. The predicted molar refractivity (Wildman–Crippen MR) is 90.0 cm³/mol. The number of carbonyl (C=O) groups excluding carboxylic acids is 1. The number of nitrogens with zero attached hydrogens (tertiary/aromatic N) is 2. The maximum Gasteiger partial charge on any atom is 0.254 e. The highest BCUT2D eigenvalue weighted by atomic mass is 16.6. The van der Waals surface area contributed by atoms with Crippen LogP contribution >= 0.6 is 0 Å². The van der Waals surface area contributed by atoms with Crippen molar-refractivity contribution in [3.05, 3.63) is 36.2 Å². The van der Waals surface area contributed by atoms with Gasteiger partial charge in [0.15, 0.2) is 11.5 Å². The lowest BCUT2D eigenvalue weighted by atomic mass is 10.1. The highest BCUT2D eigenvalue weighted by Crippen LogP contribution is 2.33. The van der Waals surface area contributed by atoms with Crippen LogP contribution in [0, 0.1) is 0 Å². The van der Waals surface area contributed by atoms with Gasteiger partial charge in [0.1, 0.15) is 13.2 Å². The van der Waals surface area contributed by atoms with E-state index >= 15 is 0 Å². The molecule has 2 N–H and O–H groups in total. The van der Waals surface area contributed by atoms with E-state index in [0.717, 1.165) is 11.4 Å². The number of hydrogen-bond acceptors (Lipinski definition) is 6. The first-order valence-corrected chi connectivity index (χ1v) is 7.72. The van der Waals surface area contributed by atoms with Crippen LogP contribution in [0.3, 0.4) is 0 Å². The molecular weight excluding hydrogens is 308 g/mol. The van der Waals surface area contributed by atoms with Gasteiger partial charge in [0.2, 0.25) is 5.95 Å². The van der Waals surface area contributed by atoms with Crippen molar-refractivity contribution in [2.45, 2.75) is 26.3 Å².